The van der Waals surface area contributed by atoms with Crippen LogP contribution in [0.25, 0.3) is 32.9 Å². The number of ether oxygens (including phenoxy) is 2. The predicted octanol–water partition coefficient (Wildman–Crippen LogP) is 4.87. The van der Waals surface area contributed by atoms with E-state index in [-0.39, 0.29) is 58.7 Å². The van der Waals surface area contributed by atoms with Gasteiger partial charge in [-0.15, -0.1) is 6.42 Å². The number of benzene rings is 2. The van der Waals surface area contributed by atoms with Crippen molar-refractivity contribution in [2.24, 2.45) is 0 Å². The maximum absolute atomic E-state index is 16.8. The molecule has 3 fully saturated rings. The Bertz CT molecular complexity index is 1860. The first-order valence-corrected chi connectivity index (χ1v) is 14.5. The average molecular weight is 588 g/mol. The van der Waals surface area contributed by atoms with Crippen LogP contribution in [0.15, 0.2) is 24.3 Å². The number of anilines is 1. The Hall–Kier alpha value is -4.14. The summed E-state index contributed by atoms with van der Waals surface area (Å²) in [5.41, 5.74) is -0.134. The molecule has 8 rings (SSSR count). The van der Waals surface area contributed by atoms with E-state index in [1.165, 1.54) is 24.3 Å². The predicted molar refractivity (Wildman–Crippen MR) is 154 cm³/mol. The van der Waals surface area contributed by atoms with Gasteiger partial charge in [0.05, 0.1) is 41.4 Å². The van der Waals surface area contributed by atoms with Gasteiger partial charge in [0, 0.05) is 30.5 Å². The van der Waals surface area contributed by atoms with Crippen LogP contribution in [-0.4, -0.2) is 75.6 Å². The number of hydrogen-bond donors (Lipinski definition) is 1. The summed E-state index contributed by atoms with van der Waals surface area (Å²) in [6.45, 7) is 2.60. The van der Waals surface area contributed by atoms with E-state index < -0.39 is 23.3 Å². The van der Waals surface area contributed by atoms with Gasteiger partial charge in [-0.1, -0.05) is 12.0 Å². The minimum atomic E-state index is -0.917. The van der Waals surface area contributed by atoms with Crippen LogP contribution < -0.4 is 9.64 Å². The number of rotatable bonds is 4. The Morgan fingerprint density at radius 2 is 2.05 bits per heavy atom. The van der Waals surface area contributed by atoms with Gasteiger partial charge in [0.1, 0.15) is 41.4 Å². The standard InChI is InChI=1S/C32H28F3N5O3/c1-2-21-23(34)5-4-17-10-20(41)11-22(25(17)21)28-27(35)29-26-24(36-28)15-42-14-19-6-9-40(19)30(26)38-31(37-29)43-16-32-7-3-8-39(32)13-18(33)12-32/h1,4-5,10-11,18-19,41H,3,6-9,12-16H2/t18-,19+,32+/m1/s1. The molecule has 0 saturated carbocycles. The second-order valence-corrected chi connectivity index (χ2v) is 11.9. The molecule has 6 heterocycles. The molecule has 4 aliphatic heterocycles. The number of alkyl halides is 1. The highest BCUT2D eigenvalue weighted by Gasteiger charge is 2.49. The number of pyridine rings is 1. The van der Waals surface area contributed by atoms with E-state index in [9.17, 15) is 13.9 Å². The van der Waals surface area contributed by atoms with Crippen LogP contribution in [0.4, 0.5) is 19.0 Å². The van der Waals surface area contributed by atoms with Crippen molar-refractivity contribution < 1.29 is 27.8 Å². The average Bonchev–Trinajstić information content (AvgIpc) is 3.49. The summed E-state index contributed by atoms with van der Waals surface area (Å²) < 4.78 is 58.2. The molecular weight excluding hydrogens is 559 g/mol. The quantitative estimate of drug-likeness (QED) is 0.339. The number of hydrogen-bond acceptors (Lipinski definition) is 8. The number of aromatic hydroxyl groups is 1. The summed E-state index contributed by atoms with van der Waals surface area (Å²) >= 11 is 0. The van der Waals surface area contributed by atoms with Crippen LogP contribution in [0.3, 0.4) is 0 Å². The van der Waals surface area contributed by atoms with E-state index in [2.05, 4.69) is 20.8 Å². The van der Waals surface area contributed by atoms with Gasteiger partial charge < -0.3 is 19.5 Å². The van der Waals surface area contributed by atoms with Gasteiger partial charge in [0.15, 0.2) is 5.82 Å². The molecule has 0 bridgehead atoms. The normalized spacial score (nSPS) is 24.7. The Kier molecular flexibility index (Phi) is 5.97. The lowest BCUT2D eigenvalue weighted by atomic mass is 9.95. The minimum absolute atomic E-state index is 0.00343. The number of nitrogens with zero attached hydrogens (tertiary/aromatic N) is 5. The largest absolute Gasteiger partial charge is 0.508 e. The van der Waals surface area contributed by atoms with Crippen molar-refractivity contribution in [2.75, 3.05) is 37.7 Å². The van der Waals surface area contributed by atoms with Gasteiger partial charge in [-0.3, -0.25) is 4.90 Å². The fourth-order valence-corrected chi connectivity index (χ4v) is 7.35. The third-order valence-corrected chi connectivity index (χ3v) is 9.47. The SMILES string of the molecule is C#Cc1c(F)ccc2cc(O)cc(-c3nc4c5c(nc(OC[C@@]67CCCN6C[C@H](F)C7)nc5c3F)N3CC[C@H]3COC4)c12. The molecule has 4 aliphatic rings. The number of terminal acetylenes is 1. The zero-order valence-electron chi connectivity index (χ0n) is 23.2. The van der Waals surface area contributed by atoms with Crippen LogP contribution in [0.5, 0.6) is 11.8 Å². The smallest absolute Gasteiger partial charge is 0.319 e. The second-order valence-electron chi connectivity index (χ2n) is 11.9. The van der Waals surface area contributed by atoms with E-state index in [0.717, 1.165) is 25.8 Å². The Balaban J connectivity index is 1.33. The summed E-state index contributed by atoms with van der Waals surface area (Å²) in [4.78, 5) is 18.2. The van der Waals surface area contributed by atoms with Crippen LogP contribution in [0.1, 0.15) is 36.9 Å². The molecule has 0 amide bonds. The van der Waals surface area contributed by atoms with Crippen LogP contribution in [0, 0.1) is 24.0 Å². The fraction of sp³-hybridized carbons (Fsp3) is 0.406. The molecule has 0 spiro atoms. The topological polar surface area (TPSA) is 83.8 Å². The first-order valence-electron chi connectivity index (χ1n) is 14.5. The minimum Gasteiger partial charge on any atom is -0.508 e. The zero-order valence-corrected chi connectivity index (χ0v) is 23.2. The third-order valence-electron chi connectivity index (χ3n) is 9.47. The van der Waals surface area contributed by atoms with Crippen molar-refractivity contribution in [2.45, 2.75) is 50.0 Å². The molecular formula is C32H28F3N5O3. The summed E-state index contributed by atoms with van der Waals surface area (Å²) in [7, 11) is 0. The van der Waals surface area contributed by atoms with Gasteiger partial charge in [0.2, 0.25) is 0 Å². The van der Waals surface area contributed by atoms with Crippen molar-refractivity contribution in [3.05, 3.63) is 47.2 Å². The first-order chi connectivity index (χ1) is 20.8. The van der Waals surface area contributed by atoms with E-state index in [1.807, 2.05) is 4.90 Å². The highest BCUT2D eigenvalue weighted by molar-refractivity contribution is 6.03. The molecule has 1 N–H and O–H groups in total. The second kappa shape index (κ2) is 9.69. The lowest BCUT2D eigenvalue weighted by molar-refractivity contribution is 0.0886. The van der Waals surface area contributed by atoms with Crippen LogP contribution in [-0.2, 0) is 11.3 Å². The fourth-order valence-electron chi connectivity index (χ4n) is 7.35. The first kappa shape index (κ1) is 26.5. The van der Waals surface area contributed by atoms with Crippen LogP contribution in [0.2, 0.25) is 0 Å². The van der Waals surface area contributed by atoms with Gasteiger partial charge in [-0.25, -0.2) is 18.2 Å². The van der Waals surface area contributed by atoms with Gasteiger partial charge in [-0.2, -0.15) is 9.97 Å². The molecule has 0 radical (unpaired) electrons. The molecule has 2 aromatic heterocycles. The summed E-state index contributed by atoms with van der Waals surface area (Å²) in [5, 5.41) is 11.7. The number of phenolic OH excluding ortho intramolecular Hbond substituents is 1. The van der Waals surface area contributed by atoms with Crippen molar-refractivity contribution in [3.63, 3.8) is 0 Å². The van der Waals surface area contributed by atoms with Gasteiger partial charge in [0.25, 0.3) is 0 Å². The van der Waals surface area contributed by atoms with E-state index in [1.54, 1.807) is 0 Å². The Morgan fingerprint density at radius 3 is 2.86 bits per heavy atom. The Morgan fingerprint density at radius 1 is 1.16 bits per heavy atom. The monoisotopic (exact) mass is 587 g/mol. The molecule has 220 valence electrons. The van der Waals surface area contributed by atoms with Crippen molar-refractivity contribution in [3.8, 4) is 35.4 Å². The maximum atomic E-state index is 16.8. The number of fused-ring (bicyclic) bond motifs is 4. The molecule has 8 nitrogen and oxygen atoms in total. The molecule has 3 atom stereocenters. The van der Waals surface area contributed by atoms with Crippen molar-refractivity contribution in [1.29, 1.82) is 0 Å². The lowest BCUT2D eigenvalue weighted by Gasteiger charge is -2.43. The molecule has 0 aliphatic carbocycles. The number of aromatic nitrogens is 3. The zero-order chi connectivity index (χ0) is 29.5. The summed E-state index contributed by atoms with van der Waals surface area (Å²) in [5.74, 6) is 1.30. The molecule has 2 aromatic carbocycles. The molecule has 3 saturated heterocycles. The van der Waals surface area contributed by atoms with Gasteiger partial charge >= 0.3 is 6.01 Å². The highest BCUT2D eigenvalue weighted by atomic mass is 19.1. The van der Waals surface area contributed by atoms with Crippen LogP contribution >= 0.6 is 0 Å². The van der Waals surface area contributed by atoms with Crippen molar-refractivity contribution >= 4 is 27.5 Å². The van der Waals surface area contributed by atoms with E-state index >= 15 is 4.39 Å². The summed E-state index contributed by atoms with van der Waals surface area (Å²) in [6.07, 6.45) is 7.81. The molecule has 11 heteroatoms. The molecule has 4 aromatic rings. The van der Waals surface area contributed by atoms with E-state index in [0.29, 0.717) is 48.4 Å². The molecule has 0 unspecified atom stereocenters. The molecule has 43 heavy (non-hydrogen) atoms. The van der Waals surface area contributed by atoms with Gasteiger partial charge in [-0.05, 0) is 49.4 Å². The van der Waals surface area contributed by atoms with E-state index in [4.69, 9.17) is 20.9 Å². The van der Waals surface area contributed by atoms with Crippen molar-refractivity contribution in [1.82, 2.24) is 19.9 Å². The number of phenols is 1. The number of halogens is 3. The maximum Gasteiger partial charge on any atom is 0.319 e. The lowest BCUT2D eigenvalue weighted by Crippen LogP contribution is -2.51. The Labute approximate surface area is 245 Å². The third kappa shape index (κ3) is 4.03. The summed E-state index contributed by atoms with van der Waals surface area (Å²) in [6, 6.07) is 5.52. The highest BCUT2D eigenvalue weighted by Crippen LogP contribution is 2.43.